The van der Waals surface area contributed by atoms with Crippen LogP contribution < -0.4 is 5.73 Å². The third-order valence-electron chi connectivity index (χ3n) is 6.95. The van der Waals surface area contributed by atoms with E-state index in [4.69, 9.17) is 5.73 Å². The molecule has 0 bridgehead atoms. The zero-order chi connectivity index (χ0) is 25.1. The van der Waals surface area contributed by atoms with Gasteiger partial charge < -0.3 is 15.4 Å². The van der Waals surface area contributed by atoms with Crippen LogP contribution in [0.15, 0.2) is 84.9 Å². The molecule has 0 fully saturated rings. The molecule has 1 heterocycles. The molecule has 0 aliphatic carbocycles. The predicted molar refractivity (Wildman–Crippen MR) is 148 cm³/mol. The number of unbranched alkanes of at least 4 members (excludes halogenated alkanes) is 2. The van der Waals surface area contributed by atoms with Gasteiger partial charge in [-0.05, 0) is 65.8 Å². The minimum Gasteiger partial charge on any atom is -0.507 e. The normalized spacial score (nSPS) is 11.4. The number of amides is 1. The van der Waals surface area contributed by atoms with E-state index in [9.17, 15) is 9.90 Å². The van der Waals surface area contributed by atoms with Crippen molar-refractivity contribution >= 4 is 27.7 Å². The fourth-order valence-corrected chi connectivity index (χ4v) is 5.25. The predicted octanol–water partition coefficient (Wildman–Crippen LogP) is 6.97. The van der Waals surface area contributed by atoms with Crippen LogP contribution in [0.5, 0.6) is 5.75 Å². The first kappa shape index (κ1) is 23.7. The van der Waals surface area contributed by atoms with E-state index in [0.717, 1.165) is 54.1 Å². The van der Waals surface area contributed by atoms with Crippen LogP contribution >= 0.6 is 0 Å². The number of nitrogens with two attached hydrogens (primary N) is 1. The molecule has 1 amide bonds. The van der Waals surface area contributed by atoms with Crippen molar-refractivity contribution in [3.63, 3.8) is 0 Å². The number of aromatic hydroxyl groups is 1. The van der Waals surface area contributed by atoms with E-state index >= 15 is 0 Å². The second-order valence-electron chi connectivity index (χ2n) is 9.60. The lowest BCUT2D eigenvalue weighted by Crippen LogP contribution is -2.11. The Hall–Kier alpha value is -4.05. The van der Waals surface area contributed by atoms with Crippen LogP contribution in [0.2, 0.25) is 0 Å². The standard InChI is InChI=1S/C32H32N2O2/c1-2-3-5-12-24-19-28-31(29(35)20-24)30-26(32(33)36)15-9-16-27(30)34(28)21-25-14-8-13-23(18-25)17-22-10-6-4-7-11-22/h4,6-11,13-16,18-20,35H,2-3,5,12,17,21H2,1H3,(H2,33,36). The van der Waals surface area contributed by atoms with Crippen LogP contribution in [0.1, 0.15) is 58.8 Å². The third kappa shape index (κ3) is 4.72. The highest BCUT2D eigenvalue weighted by Gasteiger charge is 2.20. The molecule has 3 N–H and O–H groups in total. The highest BCUT2D eigenvalue weighted by Crippen LogP contribution is 2.38. The average molecular weight is 477 g/mol. The second-order valence-corrected chi connectivity index (χ2v) is 9.60. The van der Waals surface area contributed by atoms with Crippen LogP contribution in [-0.4, -0.2) is 15.6 Å². The summed E-state index contributed by atoms with van der Waals surface area (Å²) < 4.78 is 2.21. The number of phenolic OH excluding ortho intramolecular Hbond substituents is 1. The number of primary amides is 1. The molecule has 0 aliphatic rings. The maximum absolute atomic E-state index is 12.3. The van der Waals surface area contributed by atoms with Gasteiger partial charge in [0.2, 0.25) is 5.91 Å². The number of carbonyl (C=O) groups is 1. The van der Waals surface area contributed by atoms with Gasteiger partial charge in [0, 0.05) is 17.5 Å². The fourth-order valence-electron chi connectivity index (χ4n) is 5.25. The lowest BCUT2D eigenvalue weighted by Gasteiger charge is -2.11. The number of rotatable bonds is 9. The summed E-state index contributed by atoms with van der Waals surface area (Å²) in [6, 6.07) is 28.7. The maximum Gasteiger partial charge on any atom is 0.249 e. The number of aromatic nitrogens is 1. The van der Waals surface area contributed by atoms with Crippen molar-refractivity contribution < 1.29 is 9.90 Å². The highest BCUT2D eigenvalue weighted by atomic mass is 16.3. The van der Waals surface area contributed by atoms with E-state index in [0.29, 0.717) is 17.5 Å². The topological polar surface area (TPSA) is 68.2 Å². The summed E-state index contributed by atoms with van der Waals surface area (Å²) in [7, 11) is 0. The summed E-state index contributed by atoms with van der Waals surface area (Å²) in [6.07, 6.45) is 5.16. The van der Waals surface area contributed by atoms with Gasteiger partial charge in [-0.25, -0.2) is 0 Å². The molecule has 36 heavy (non-hydrogen) atoms. The van der Waals surface area contributed by atoms with Gasteiger partial charge in [-0.1, -0.05) is 80.4 Å². The minimum absolute atomic E-state index is 0.203. The first-order chi connectivity index (χ1) is 17.5. The lowest BCUT2D eigenvalue weighted by atomic mass is 10.0. The van der Waals surface area contributed by atoms with Gasteiger partial charge in [-0.2, -0.15) is 0 Å². The van der Waals surface area contributed by atoms with Gasteiger partial charge in [0.05, 0.1) is 16.4 Å². The Kier molecular flexibility index (Phi) is 6.77. The molecule has 0 saturated carbocycles. The quantitative estimate of drug-likeness (QED) is 0.226. The summed E-state index contributed by atoms with van der Waals surface area (Å²) >= 11 is 0. The third-order valence-corrected chi connectivity index (χ3v) is 6.95. The molecule has 0 aliphatic heterocycles. The summed E-state index contributed by atoms with van der Waals surface area (Å²) in [4.78, 5) is 12.3. The SMILES string of the molecule is CCCCCc1cc(O)c2c3c(C(N)=O)cccc3n(Cc3cccc(Cc4ccccc4)c3)c2c1. The highest BCUT2D eigenvalue weighted by molar-refractivity contribution is 6.19. The molecule has 4 heteroatoms. The van der Waals surface area contributed by atoms with E-state index in [1.165, 1.54) is 16.7 Å². The number of aryl methyl sites for hydroxylation is 1. The van der Waals surface area contributed by atoms with Crippen molar-refractivity contribution in [3.8, 4) is 5.75 Å². The van der Waals surface area contributed by atoms with E-state index in [-0.39, 0.29) is 5.75 Å². The van der Waals surface area contributed by atoms with Crippen molar-refractivity contribution in [2.45, 2.75) is 45.6 Å². The average Bonchev–Trinajstić information content (AvgIpc) is 3.19. The molecule has 5 aromatic rings. The number of hydrogen-bond donors (Lipinski definition) is 2. The van der Waals surface area contributed by atoms with E-state index in [1.54, 1.807) is 6.07 Å². The molecule has 0 radical (unpaired) electrons. The first-order valence-corrected chi connectivity index (χ1v) is 12.7. The second kappa shape index (κ2) is 10.3. The summed E-state index contributed by atoms with van der Waals surface area (Å²) in [6.45, 7) is 2.82. The Balaban J connectivity index is 1.62. The number of nitrogens with zero attached hydrogens (tertiary/aromatic N) is 1. The van der Waals surface area contributed by atoms with Crippen molar-refractivity contribution in [2.75, 3.05) is 0 Å². The number of hydrogen-bond acceptors (Lipinski definition) is 2. The Morgan fingerprint density at radius 3 is 2.31 bits per heavy atom. The van der Waals surface area contributed by atoms with E-state index in [2.05, 4.69) is 66.1 Å². The van der Waals surface area contributed by atoms with Crippen molar-refractivity contribution in [1.29, 1.82) is 0 Å². The van der Waals surface area contributed by atoms with E-state index < -0.39 is 5.91 Å². The number of benzene rings is 4. The molecule has 0 saturated heterocycles. The monoisotopic (exact) mass is 476 g/mol. The zero-order valence-electron chi connectivity index (χ0n) is 20.7. The molecule has 182 valence electrons. The zero-order valence-corrected chi connectivity index (χ0v) is 20.7. The Morgan fingerprint density at radius 1 is 0.778 bits per heavy atom. The van der Waals surface area contributed by atoms with Gasteiger partial charge in [0.25, 0.3) is 0 Å². The van der Waals surface area contributed by atoms with Crippen molar-refractivity contribution in [3.05, 3.63) is 113 Å². The van der Waals surface area contributed by atoms with Crippen LogP contribution in [0.4, 0.5) is 0 Å². The molecule has 1 aromatic heterocycles. The first-order valence-electron chi connectivity index (χ1n) is 12.7. The number of carbonyl (C=O) groups excluding carboxylic acids is 1. The largest absolute Gasteiger partial charge is 0.507 e. The lowest BCUT2D eigenvalue weighted by molar-refractivity contribution is 0.100. The number of phenols is 1. The van der Waals surface area contributed by atoms with Crippen molar-refractivity contribution in [1.82, 2.24) is 4.57 Å². The molecule has 4 aromatic carbocycles. The molecule has 4 nitrogen and oxygen atoms in total. The smallest absolute Gasteiger partial charge is 0.249 e. The van der Waals surface area contributed by atoms with E-state index in [1.807, 2.05) is 24.3 Å². The van der Waals surface area contributed by atoms with Gasteiger partial charge in [-0.15, -0.1) is 0 Å². The summed E-state index contributed by atoms with van der Waals surface area (Å²) in [5.41, 5.74) is 12.8. The summed E-state index contributed by atoms with van der Waals surface area (Å²) in [5, 5.41) is 12.5. The van der Waals surface area contributed by atoms with Crippen LogP contribution in [0, 0.1) is 0 Å². The van der Waals surface area contributed by atoms with Crippen LogP contribution in [0.3, 0.4) is 0 Å². The maximum atomic E-state index is 12.3. The molecular formula is C32H32N2O2. The Bertz CT molecular complexity index is 1530. The molecule has 0 atom stereocenters. The van der Waals surface area contributed by atoms with Gasteiger partial charge >= 0.3 is 0 Å². The van der Waals surface area contributed by atoms with Crippen LogP contribution in [-0.2, 0) is 19.4 Å². The Labute approximate surface area is 212 Å². The van der Waals surface area contributed by atoms with Gasteiger partial charge in [-0.3, -0.25) is 4.79 Å². The molecular weight excluding hydrogens is 444 g/mol. The van der Waals surface area contributed by atoms with Crippen LogP contribution in [0.25, 0.3) is 21.8 Å². The fraction of sp³-hybridized carbons (Fsp3) is 0.219. The minimum atomic E-state index is -0.490. The summed E-state index contributed by atoms with van der Waals surface area (Å²) in [5.74, 6) is -0.287. The molecule has 0 unspecified atom stereocenters. The Morgan fingerprint density at radius 2 is 1.53 bits per heavy atom. The molecule has 5 rings (SSSR count). The van der Waals surface area contributed by atoms with Gasteiger partial charge in [0.15, 0.2) is 0 Å². The number of fused-ring (bicyclic) bond motifs is 3. The van der Waals surface area contributed by atoms with Crippen molar-refractivity contribution in [2.24, 2.45) is 5.73 Å². The molecule has 0 spiro atoms. The van der Waals surface area contributed by atoms with Gasteiger partial charge in [0.1, 0.15) is 5.75 Å².